The molecule has 1 heterocycles. The number of nitrogens with two attached hydrogens (primary N) is 1. The van der Waals surface area contributed by atoms with E-state index in [1.807, 2.05) is 6.07 Å². The van der Waals surface area contributed by atoms with Crippen LogP contribution in [0.25, 0.3) is 0 Å². The molecule has 1 amide bonds. The van der Waals surface area contributed by atoms with Gasteiger partial charge in [-0.25, -0.2) is 0 Å². The summed E-state index contributed by atoms with van der Waals surface area (Å²) in [5.41, 5.74) is 6.12. The number of aromatic nitrogens is 2. The lowest BCUT2D eigenvalue weighted by atomic mass is 9.84. The lowest BCUT2D eigenvalue weighted by Gasteiger charge is -2.30. The number of nitrogens with zero attached hydrogens (tertiary/aromatic N) is 1. The van der Waals surface area contributed by atoms with Gasteiger partial charge in [-0.15, -0.1) is 0 Å². The Balaban J connectivity index is 1.88. The predicted octanol–water partition coefficient (Wildman–Crippen LogP) is 1.87. The molecular weight excluding hydrogens is 278 g/mol. The third kappa shape index (κ3) is 5.02. The Morgan fingerprint density at radius 3 is 2.86 bits per heavy atom. The van der Waals surface area contributed by atoms with E-state index >= 15 is 0 Å². The molecule has 0 bridgehead atoms. The molecule has 0 aromatic carbocycles. The standard InChI is InChI=1S/C16H29N5O/c1-11(2)9-12(10-18-15-7-8-19-21-15)20-16(22)13-5-3-4-6-14(13)17/h7-8,11-14H,3-6,9-10,17H2,1-2H3,(H,20,22)(H2,18,19,21)/t12?,13-,14+/m1/s1. The first-order valence-electron chi connectivity index (χ1n) is 8.35. The highest BCUT2D eigenvalue weighted by Gasteiger charge is 2.29. The van der Waals surface area contributed by atoms with Gasteiger partial charge in [0.1, 0.15) is 5.82 Å². The second-order valence-electron chi connectivity index (χ2n) is 6.74. The maximum atomic E-state index is 12.5. The van der Waals surface area contributed by atoms with Gasteiger partial charge in [-0.1, -0.05) is 26.7 Å². The van der Waals surface area contributed by atoms with Crippen LogP contribution in [0.1, 0.15) is 46.0 Å². The normalized spacial score (nSPS) is 23.3. The Labute approximate surface area is 132 Å². The van der Waals surface area contributed by atoms with Crippen LogP contribution in [0.3, 0.4) is 0 Å². The third-order valence-corrected chi connectivity index (χ3v) is 4.30. The van der Waals surface area contributed by atoms with Gasteiger partial charge in [0.25, 0.3) is 0 Å². The zero-order valence-corrected chi connectivity index (χ0v) is 13.6. The summed E-state index contributed by atoms with van der Waals surface area (Å²) in [4.78, 5) is 12.5. The molecule has 3 atom stereocenters. The van der Waals surface area contributed by atoms with E-state index in [-0.39, 0.29) is 23.9 Å². The molecule has 1 aliphatic carbocycles. The Kier molecular flexibility index (Phi) is 6.24. The highest BCUT2D eigenvalue weighted by Crippen LogP contribution is 2.23. The molecule has 1 aliphatic rings. The van der Waals surface area contributed by atoms with Crippen molar-refractivity contribution in [2.45, 2.75) is 58.0 Å². The molecule has 1 saturated carbocycles. The number of nitrogens with one attached hydrogen (secondary N) is 3. The van der Waals surface area contributed by atoms with Gasteiger partial charge in [-0.05, 0) is 31.2 Å². The van der Waals surface area contributed by atoms with Crippen molar-refractivity contribution in [2.75, 3.05) is 11.9 Å². The fraction of sp³-hybridized carbons (Fsp3) is 0.750. The van der Waals surface area contributed by atoms with E-state index in [0.717, 1.165) is 37.9 Å². The van der Waals surface area contributed by atoms with E-state index in [1.54, 1.807) is 6.20 Å². The second-order valence-corrected chi connectivity index (χ2v) is 6.74. The van der Waals surface area contributed by atoms with Gasteiger partial charge >= 0.3 is 0 Å². The van der Waals surface area contributed by atoms with E-state index in [0.29, 0.717) is 12.5 Å². The summed E-state index contributed by atoms with van der Waals surface area (Å²) < 4.78 is 0. The van der Waals surface area contributed by atoms with Gasteiger partial charge in [-0.3, -0.25) is 9.89 Å². The predicted molar refractivity (Wildman–Crippen MR) is 88.4 cm³/mol. The summed E-state index contributed by atoms with van der Waals surface area (Å²) in [7, 11) is 0. The van der Waals surface area contributed by atoms with Crippen LogP contribution in [0.5, 0.6) is 0 Å². The minimum atomic E-state index is -0.0319. The molecule has 2 rings (SSSR count). The maximum absolute atomic E-state index is 12.5. The van der Waals surface area contributed by atoms with Crippen LogP contribution in [-0.2, 0) is 4.79 Å². The van der Waals surface area contributed by atoms with Crippen molar-refractivity contribution < 1.29 is 4.79 Å². The Morgan fingerprint density at radius 2 is 2.23 bits per heavy atom. The first kappa shape index (κ1) is 16.8. The van der Waals surface area contributed by atoms with Crippen LogP contribution in [0.2, 0.25) is 0 Å². The van der Waals surface area contributed by atoms with Gasteiger partial charge in [0.2, 0.25) is 5.91 Å². The Hall–Kier alpha value is -1.56. The smallest absolute Gasteiger partial charge is 0.224 e. The molecule has 1 fully saturated rings. The molecule has 5 N–H and O–H groups in total. The first-order chi connectivity index (χ1) is 10.6. The molecule has 6 heteroatoms. The van der Waals surface area contributed by atoms with Gasteiger partial charge in [0.15, 0.2) is 0 Å². The molecule has 0 spiro atoms. The molecule has 0 aliphatic heterocycles. The number of carbonyl (C=O) groups excluding carboxylic acids is 1. The van der Waals surface area contributed by atoms with Crippen LogP contribution in [0, 0.1) is 11.8 Å². The van der Waals surface area contributed by atoms with Crippen molar-refractivity contribution in [2.24, 2.45) is 17.6 Å². The monoisotopic (exact) mass is 307 g/mol. The zero-order valence-electron chi connectivity index (χ0n) is 13.6. The number of hydrogen-bond acceptors (Lipinski definition) is 4. The quantitative estimate of drug-likeness (QED) is 0.618. The van der Waals surface area contributed by atoms with Crippen LogP contribution in [-0.4, -0.2) is 34.7 Å². The van der Waals surface area contributed by atoms with E-state index in [4.69, 9.17) is 5.73 Å². The van der Waals surface area contributed by atoms with Crippen LogP contribution >= 0.6 is 0 Å². The van der Waals surface area contributed by atoms with Crippen LogP contribution in [0.15, 0.2) is 12.3 Å². The fourth-order valence-corrected chi connectivity index (χ4v) is 3.14. The van der Waals surface area contributed by atoms with E-state index in [1.165, 1.54) is 0 Å². The summed E-state index contributed by atoms with van der Waals surface area (Å²) in [6, 6.07) is 1.99. The third-order valence-electron chi connectivity index (χ3n) is 4.30. The number of H-pyrrole nitrogens is 1. The highest BCUT2D eigenvalue weighted by atomic mass is 16.2. The molecule has 22 heavy (non-hydrogen) atoms. The van der Waals surface area contributed by atoms with E-state index < -0.39 is 0 Å². The lowest BCUT2D eigenvalue weighted by molar-refractivity contribution is -0.127. The summed E-state index contributed by atoms with van der Waals surface area (Å²) in [5, 5.41) is 13.3. The van der Waals surface area contributed by atoms with Crippen molar-refractivity contribution in [3.63, 3.8) is 0 Å². The average Bonchev–Trinajstić information content (AvgIpc) is 2.98. The van der Waals surface area contributed by atoms with Crippen LogP contribution in [0.4, 0.5) is 5.82 Å². The van der Waals surface area contributed by atoms with Crippen molar-refractivity contribution >= 4 is 11.7 Å². The SMILES string of the molecule is CC(C)CC(CNc1ccn[nH]1)NC(=O)[C@@H]1CCCC[C@@H]1N. The molecule has 124 valence electrons. The lowest BCUT2D eigenvalue weighted by Crippen LogP contribution is -2.49. The van der Waals surface area contributed by atoms with Crippen molar-refractivity contribution in [1.29, 1.82) is 0 Å². The number of aromatic amines is 1. The van der Waals surface area contributed by atoms with E-state index in [9.17, 15) is 4.79 Å². The first-order valence-corrected chi connectivity index (χ1v) is 8.35. The average molecular weight is 307 g/mol. The topological polar surface area (TPSA) is 95.8 Å². The van der Waals surface area contributed by atoms with Gasteiger partial charge in [0, 0.05) is 18.6 Å². The summed E-state index contributed by atoms with van der Waals surface area (Å²) >= 11 is 0. The number of rotatable bonds is 7. The van der Waals surface area contributed by atoms with Crippen molar-refractivity contribution in [3.05, 3.63) is 12.3 Å². The highest BCUT2D eigenvalue weighted by molar-refractivity contribution is 5.79. The molecule has 0 radical (unpaired) electrons. The molecule has 1 aromatic rings. The fourth-order valence-electron chi connectivity index (χ4n) is 3.14. The summed E-state index contributed by atoms with van der Waals surface area (Å²) in [5.74, 6) is 1.48. The molecule has 6 nitrogen and oxygen atoms in total. The largest absolute Gasteiger partial charge is 0.368 e. The minimum absolute atomic E-state index is 0.00835. The number of carbonyl (C=O) groups is 1. The second kappa shape index (κ2) is 8.17. The van der Waals surface area contributed by atoms with Crippen LogP contribution < -0.4 is 16.4 Å². The van der Waals surface area contributed by atoms with Crippen molar-refractivity contribution in [1.82, 2.24) is 15.5 Å². The van der Waals surface area contributed by atoms with Gasteiger partial charge < -0.3 is 16.4 Å². The van der Waals surface area contributed by atoms with E-state index in [2.05, 4.69) is 34.7 Å². The zero-order chi connectivity index (χ0) is 15.9. The summed E-state index contributed by atoms with van der Waals surface area (Å²) in [6.07, 6.45) is 6.76. The van der Waals surface area contributed by atoms with Crippen molar-refractivity contribution in [3.8, 4) is 0 Å². The minimum Gasteiger partial charge on any atom is -0.368 e. The molecule has 1 aromatic heterocycles. The van der Waals surface area contributed by atoms with Gasteiger partial charge in [0.05, 0.1) is 12.1 Å². The number of hydrogen-bond donors (Lipinski definition) is 4. The van der Waals surface area contributed by atoms with Gasteiger partial charge in [-0.2, -0.15) is 5.10 Å². The maximum Gasteiger partial charge on any atom is 0.224 e. The number of anilines is 1. The number of amides is 1. The Bertz CT molecular complexity index is 445. The molecule has 1 unspecified atom stereocenters. The Morgan fingerprint density at radius 1 is 1.45 bits per heavy atom. The molecule has 0 saturated heterocycles. The molecular formula is C16H29N5O. The summed E-state index contributed by atoms with van der Waals surface area (Å²) in [6.45, 7) is 5.03.